The van der Waals surface area contributed by atoms with Gasteiger partial charge in [0.2, 0.25) is 0 Å². The minimum Gasteiger partial charge on any atom is -0.364 e. The summed E-state index contributed by atoms with van der Waals surface area (Å²) in [7, 11) is 0. The Kier molecular flexibility index (Phi) is 2.99. The van der Waals surface area contributed by atoms with Gasteiger partial charge < -0.3 is 9.84 Å². The fourth-order valence-electron chi connectivity index (χ4n) is 3.04. The van der Waals surface area contributed by atoms with Gasteiger partial charge in [0.15, 0.2) is 6.29 Å². The molecule has 0 aromatic heterocycles. The van der Waals surface area contributed by atoms with Gasteiger partial charge in [0, 0.05) is 12.0 Å². The first-order chi connectivity index (χ1) is 10.3. The normalized spacial score (nSPS) is 21.2. The van der Waals surface area contributed by atoms with Crippen molar-refractivity contribution in [3.05, 3.63) is 83.4 Å². The second-order valence-electron chi connectivity index (χ2n) is 5.49. The fraction of sp³-hybridized carbons (Fsp3) is 0.158. The molecule has 3 aromatic rings. The lowest BCUT2D eigenvalue weighted by molar-refractivity contribution is -0.151. The molecule has 21 heavy (non-hydrogen) atoms. The first kappa shape index (κ1) is 12.6. The number of rotatable bonds is 1. The molecule has 2 atom stereocenters. The van der Waals surface area contributed by atoms with Crippen LogP contribution in [0.25, 0.3) is 10.8 Å². The number of aliphatic hydroxyl groups is 1. The summed E-state index contributed by atoms with van der Waals surface area (Å²) >= 11 is 0. The number of fused-ring (bicyclic) bond motifs is 2. The van der Waals surface area contributed by atoms with Crippen LogP contribution in [0.2, 0.25) is 0 Å². The smallest absolute Gasteiger partial charge is 0.182 e. The van der Waals surface area contributed by atoms with Crippen LogP contribution in [0.4, 0.5) is 0 Å². The average Bonchev–Trinajstić information content (AvgIpc) is 2.54. The molecule has 1 N–H and O–H groups in total. The van der Waals surface area contributed by atoms with E-state index in [4.69, 9.17) is 4.74 Å². The van der Waals surface area contributed by atoms with Crippen molar-refractivity contribution in [3.8, 4) is 0 Å². The summed E-state index contributed by atoms with van der Waals surface area (Å²) in [5, 5.41) is 12.6. The maximum Gasteiger partial charge on any atom is 0.182 e. The highest BCUT2D eigenvalue weighted by Gasteiger charge is 2.26. The third-order valence-corrected chi connectivity index (χ3v) is 4.16. The standard InChI is InChI=1S/C19H16O2/c20-19-17-8-4-3-7-15(17)12-18(21-19)16-10-9-13-5-1-2-6-14(13)11-16/h1-11,18-20H,12H2. The Morgan fingerprint density at radius 1 is 0.857 bits per heavy atom. The zero-order valence-corrected chi connectivity index (χ0v) is 11.6. The van der Waals surface area contributed by atoms with Crippen LogP contribution in [0.5, 0.6) is 0 Å². The minimum absolute atomic E-state index is 0.0977. The molecule has 1 aliphatic heterocycles. The maximum absolute atomic E-state index is 10.2. The molecule has 0 amide bonds. The van der Waals surface area contributed by atoms with Crippen molar-refractivity contribution in [3.63, 3.8) is 0 Å². The van der Waals surface area contributed by atoms with Gasteiger partial charge in [0.05, 0.1) is 6.10 Å². The van der Waals surface area contributed by atoms with Crippen molar-refractivity contribution in [1.29, 1.82) is 0 Å². The zero-order valence-electron chi connectivity index (χ0n) is 11.6. The van der Waals surface area contributed by atoms with Gasteiger partial charge in [0.25, 0.3) is 0 Å². The van der Waals surface area contributed by atoms with E-state index in [1.807, 2.05) is 30.3 Å². The highest BCUT2D eigenvalue weighted by molar-refractivity contribution is 5.83. The van der Waals surface area contributed by atoms with Crippen LogP contribution in [0, 0.1) is 0 Å². The Bertz CT molecular complexity index is 794. The van der Waals surface area contributed by atoms with Crippen LogP contribution in [0.3, 0.4) is 0 Å². The van der Waals surface area contributed by atoms with Crippen LogP contribution < -0.4 is 0 Å². The number of benzene rings is 3. The van der Waals surface area contributed by atoms with E-state index >= 15 is 0 Å². The lowest BCUT2D eigenvalue weighted by Gasteiger charge is -2.29. The third-order valence-electron chi connectivity index (χ3n) is 4.16. The van der Waals surface area contributed by atoms with Crippen molar-refractivity contribution < 1.29 is 9.84 Å². The molecule has 1 heterocycles. The van der Waals surface area contributed by atoms with Gasteiger partial charge in [-0.3, -0.25) is 0 Å². The van der Waals surface area contributed by atoms with Gasteiger partial charge in [-0.25, -0.2) is 0 Å². The molecule has 0 fully saturated rings. The zero-order chi connectivity index (χ0) is 14.2. The van der Waals surface area contributed by atoms with Crippen LogP contribution in [0.1, 0.15) is 29.1 Å². The quantitative estimate of drug-likeness (QED) is 0.723. The van der Waals surface area contributed by atoms with E-state index < -0.39 is 6.29 Å². The first-order valence-corrected chi connectivity index (χ1v) is 7.21. The summed E-state index contributed by atoms with van der Waals surface area (Å²) in [5.41, 5.74) is 3.16. The van der Waals surface area contributed by atoms with Crippen LogP contribution in [0.15, 0.2) is 66.7 Å². The Balaban J connectivity index is 1.73. The first-order valence-electron chi connectivity index (χ1n) is 7.21. The molecule has 2 nitrogen and oxygen atoms in total. The van der Waals surface area contributed by atoms with Gasteiger partial charge in [0.1, 0.15) is 0 Å². The van der Waals surface area contributed by atoms with Crippen LogP contribution in [-0.2, 0) is 11.2 Å². The van der Waals surface area contributed by atoms with E-state index in [0.29, 0.717) is 0 Å². The largest absolute Gasteiger partial charge is 0.364 e. The van der Waals surface area contributed by atoms with Crippen molar-refractivity contribution in [2.75, 3.05) is 0 Å². The molecule has 0 radical (unpaired) electrons. The molecule has 0 saturated heterocycles. The van der Waals surface area contributed by atoms with Crippen molar-refractivity contribution in [2.45, 2.75) is 18.8 Å². The highest BCUT2D eigenvalue weighted by Crippen LogP contribution is 2.36. The molecule has 2 heteroatoms. The molecule has 104 valence electrons. The van der Waals surface area contributed by atoms with E-state index in [-0.39, 0.29) is 6.10 Å². The minimum atomic E-state index is -0.841. The van der Waals surface area contributed by atoms with Crippen LogP contribution >= 0.6 is 0 Å². The fourth-order valence-corrected chi connectivity index (χ4v) is 3.04. The highest BCUT2D eigenvalue weighted by atomic mass is 16.6. The van der Waals surface area contributed by atoms with Gasteiger partial charge >= 0.3 is 0 Å². The SMILES string of the molecule is OC1OC(c2ccc3ccccc3c2)Cc2ccccc21. The van der Waals surface area contributed by atoms with Gasteiger partial charge in [-0.2, -0.15) is 0 Å². The number of hydrogen-bond acceptors (Lipinski definition) is 2. The molecular formula is C19H16O2. The van der Waals surface area contributed by atoms with E-state index in [2.05, 4.69) is 36.4 Å². The number of hydrogen-bond donors (Lipinski definition) is 1. The lowest BCUT2D eigenvalue weighted by Crippen LogP contribution is -2.20. The van der Waals surface area contributed by atoms with Gasteiger partial charge in [-0.05, 0) is 28.0 Å². The molecule has 0 saturated carbocycles. The van der Waals surface area contributed by atoms with Gasteiger partial charge in [-0.15, -0.1) is 0 Å². The van der Waals surface area contributed by atoms with Crippen molar-refractivity contribution in [1.82, 2.24) is 0 Å². The lowest BCUT2D eigenvalue weighted by atomic mass is 9.93. The Morgan fingerprint density at radius 3 is 2.52 bits per heavy atom. The summed E-state index contributed by atoms with van der Waals surface area (Å²) in [6, 6.07) is 22.6. The molecule has 0 bridgehead atoms. The van der Waals surface area contributed by atoms with Crippen LogP contribution in [-0.4, -0.2) is 5.11 Å². The average molecular weight is 276 g/mol. The number of ether oxygens (including phenoxy) is 1. The Labute approximate surface area is 123 Å². The molecule has 3 aromatic carbocycles. The molecule has 4 rings (SSSR count). The molecule has 0 spiro atoms. The maximum atomic E-state index is 10.2. The molecular weight excluding hydrogens is 260 g/mol. The summed E-state index contributed by atoms with van der Waals surface area (Å²) in [4.78, 5) is 0. The predicted octanol–water partition coefficient (Wildman–Crippen LogP) is 4.14. The second kappa shape index (κ2) is 4.99. The Hall–Kier alpha value is -2.16. The van der Waals surface area contributed by atoms with Gasteiger partial charge in [-0.1, -0.05) is 60.7 Å². The van der Waals surface area contributed by atoms with E-state index in [1.165, 1.54) is 10.8 Å². The molecule has 1 aliphatic rings. The summed E-state index contributed by atoms with van der Waals surface area (Å²) in [6.45, 7) is 0. The van der Waals surface area contributed by atoms with E-state index in [1.54, 1.807) is 0 Å². The molecule has 2 unspecified atom stereocenters. The predicted molar refractivity (Wildman–Crippen MR) is 82.9 cm³/mol. The summed E-state index contributed by atoms with van der Waals surface area (Å²) < 4.78 is 5.80. The van der Waals surface area contributed by atoms with Crippen molar-refractivity contribution in [2.24, 2.45) is 0 Å². The Morgan fingerprint density at radius 2 is 1.62 bits per heavy atom. The monoisotopic (exact) mass is 276 g/mol. The van der Waals surface area contributed by atoms with E-state index in [0.717, 1.165) is 23.1 Å². The van der Waals surface area contributed by atoms with Crippen molar-refractivity contribution >= 4 is 10.8 Å². The topological polar surface area (TPSA) is 29.5 Å². The second-order valence-corrected chi connectivity index (χ2v) is 5.49. The summed E-state index contributed by atoms with van der Waals surface area (Å²) in [5.74, 6) is 0. The molecule has 0 aliphatic carbocycles. The summed E-state index contributed by atoms with van der Waals surface area (Å²) in [6.07, 6.45) is -0.142. The number of aliphatic hydroxyl groups excluding tert-OH is 1. The third kappa shape index (κ3) is 2.23. The van der Waals surface area contributed by atoms with E-state index in [9.17, 15) is 5.11 Å².